The van der Waals surface area contributed by atoms with Crippen molar-refractivity contribution in [2.45, 2.75) is 0 Å². The maximum atomic E-state index is 4.46. The minimum absolute atomic E-state index is 0.689. The molecule has 0 spiro atoms. The van der Waals surface area contributed by atoms with Crippen LogP contribution in [0.2, 0.25) is 0 Å². The molecule has 0 aliphatic carbocycles. The van der Waals surface area contributed by atoms with E-state index in [4.69, 9.17) is 0 Å². The van der Waals surface area contributed by atoms with E-state index < -0.39 is 0 Å². The van der Waals surface area contributed by atoms with E-state index in [-0.39, 0.29) is 0 Å². The van der Waals surface area contributed by atoms with E-state index in [0.29, 0.717) is 5.82 Å². The summed E-state index contributed by atoms with van der Waals surface area (Å²) in [6.07, 6.45) is 5.13. The fraction of sp³-hybridized carbons (Fsp3) is 0. The lowest BCUT2D eigenvalue weighted by Crippen LogP contribution is -1.96. The number of thiophene rings is 1. The first-order chi connectivity index (χ1) is 13.9. The second kappa shape index (κ2) is 7.17. The minimum Gasteiger partial charge on any atom is -0.261 e. The highest BCUT2D eigenvalue weighted by Gasteiger charge is 2.12. The summed E-state index contributed by atoms with van der Waals surface area (Å²) < 4.78 is 0. The SMILES string of the molecule is C(=NNc1ncnc2scc(-c3ccccc3)c12)c1cccc2cccnc12. The molecule has 6 heteroatoms. The second-order valence-electron chi connectivity index (χ2n) is 6.21. The Bertz CT molecular complexity index is 1290. The molecule has 0 saturated carbocycles. The molecule has 0 amide bonds. The zero-order valence-corrected chi connectivity index (χ0v) is 15.6. The zero-order chi connectivity index (χ0) is 18.8. The number of nitrogens with one attached hydrogen (secondary N) is 1. The number of hydrogen-bond acceptors (Lipinski definition) is 6. The third kappa shape index (κ3) is 3.00. The third-order valence-electron chi connectivity index (χ3n) is 4.49. The number of rotatable bonds is 4. The molecule has 5 nitrogen and oxygen atoms in total. The molecule has 0 fully saturated rings. The molecular weight excluding hydrogens is 366 g/mol. The Labute approximate surface area is 165 Å². The van der Waals surface area contributed by atoms with Gasteiger partial charge in [0.15, 0.2) is 5.82 Å². The normalized spacial score (nSPS) is 11.4. The Morgan fingerprint density at radius 1 is 0.893 bits per heavy atom. The van der Waals surface area contributed by atoms with E-state index in [2.05, 4.69) is 43.0 Å². The van der Waals surface area contributed by atoms with Crippen molar-refractivity contribution in [3.05, 3.63) is 84.1 Å². The summed E-state index contributed by atoms with van der Waals surface area (Å²) in [5.41, 5.74) is 7.20. The Hall–Kier alpha value is -3.64. The van der Waals surface area contributed by atoms with Crippen molar-refractivity contribution in [1.29, 1.82) is 0 Å². The molecule has 5 rings (SSSR count). The van der Waals surface area contributed by atoms with Gasteiger partial charge >= 0.3 is 0 Å². The average molecular weight is 381 g/mol. The molecule has 0 aliphatic rings. The molecule has 0 unspecified atom stereocenters. The van der Waals surface area contributed by atoms with Gasteiger partial charge in [-0.25, -0.2) is 9.97 Å². The highest BCUT2D eigenvalue weighted by molar-refractivity contribution is 7.17. The molecule has 5 aromatic rings. The molecule has 1 N–H and O–H groups in total. The van der Waals surface area contributed by atoms with E-state index in [1.54, 1.807) is 30.1 Å². The van der Waals surface area contributed by atoms with E-state index >= 15 is 0 Å². The van der Waals surface area contributed by atoms with Crippen molar-refractivity contribution in [1.82, 2.24) is 15.0 Å². The molecular formula is C22H15N5S. The summed E-state index contributed by atoms with van der Waals surface area (Å²) in [4.78, 5) is 14.2. The van der Waals surface area contributed by atoms with E-state index in [9.17, 15) is 0 Å². The van der Waals surface area contributed by atoms with Crippen molar-refractivity contribution in [3.63, 3.8) is 0 Å². The van der Waals surface area contributed by atoms with E-state index in [0.717, 1.165) is 37.8 Å². The lowest BCUT2D eigenvalue weighted by molar-refractivity contribution is 1.19. The fourth-order valence-corrected chi connectivity index (χ4v) is 4.10. The van der Waals surface area contributed by atoms with Crippen LogP contribution in [0.5, 0.6) is 0 Å². The minimum atomic E-state index is 0.689. The Balaban J connectivity index is 1.52. The van der Waals surface area contributed by atoms with Gasteiger partial charge in [-0.05, 0) is 11.6 Å². The predicted molar refractivity (Wildman–Crippen MR) is 116 cm³/mol. The topological polar surface area (TPSA) is 63.1 Å². The van der Waals surface area contributed by atoms with E-state index in [1.807, 2.05) is 48.5 Å². The first-order valence-electron chi connectivity index (χ1n) is 8.80. The highest BCUT2D eigenvalue weighted by Crippen LogP contribution is 2.36. The first kappa shape index (κ1) is 16.5. The molecule has 3 aromatic heterocycles. The molecule has 3 heterocycles. The number of benzene rings is 2. The molecule has 2 aromatic carbocycles. The van der Waals surface area contributed by atoms with Crippen LogP contribution in [0.15, 0.2) is 83.7 Å². The number of para-hydroxylation sites is 1. The molecule has 134 valence electrons. The number of anilines is 1. The predicted octanol–water partition coefficient (Wildman–Crippen LogP) is 5.35. The molecule has 0 atom stereocenters. The smallest absolute Gasteiger partial charge is 0.159 e. The summed E-state index contributed by atoms with van der Waals surface area (Å²) in [6, 6.07) is 20.3. The largest absolute Gasteiger partial charge is 0.261 e. The van der Waals surface area contributed by atoms with Gasteiger partial charge in [0.05, 0.1) is 17.1 Å². The first-order valence-corrected chi connectivity index (χ1v) is 9.68. The van der Waals surface area contributed by atoms with Gasteiger partial charge in [-0.2, -0.15) is 5.10 Å². The number of hydrogen-bond donors (Lipinski definition) is 1. The third-order valence-corrected chi connectivity index (χ3v) is 5.38. The summed E-state index contributed by atoms with van der Waals surface area (Å²) in [5, 5.41) is 8.60. The fourth-order valence-electron chi connectivity index (χ4n) is 3.19. The van der Waals surface area contributed by atoms with Gasteiger partial charge < -0.3 is 0 Å². The Morgan fingerprint density at radius 2 is 1.79 bits per heavy atom. The number of aromatic nitrogens is 3. The van der Waals surface area contributed by atoms with Crippen molar-refractivity contribution in [3.8, 4) is 11.1 Å². The monoisotopic (exact) mass is 381 g/mol. The number of hydrazone groups is 1. The van der Waals surface area contributed by atoms with Crippen molar-refractivity contribution >= 4 is 44.5 Å². The molecule has 0 saturated heterocycles. The Morgan fingerprint density at radius 3 is 2.71 bits per heavy atom. The van der Waals surface area contributed by atoms with Gasteiger partial charge in [-0.1, -0.05) is 54.6 Å². The number of nitrogens with zero attached hydrogens (tertiary/aromatic N) is 4. The zero-order valence-electron chi connectivity index (χ0n) is 14.8. The van der Waals surface area contributed by atoms with Crippen molar-refractivity contribution in [2.24, 2.45) is 5.10 Å². The van der Waals surface area contributed by atoms with Gasteiger partial charge in [-0.3, -0.25) is 10.4 Å². The van der Waals surface area contributed by atoms with Crippen LogP contribution in [0.1, 0.15) is 5.56 Å². The van der Waals surface area contributed by atoms with Crippen LogP contribution < -0.4 is 5.43 Å². The quantitative estimate of drug-likeness (QED) is 0.337. The van der Waals surface area contributed by atoms with Crippen molar-refractivity contribution in [2.75, 3.05) is 5.43 Å². The highest BCUT2D eigenvalue weighted by atomic mass is 32.1. The van der Waals surface area contributed by atoms with Crippen LogP contribution >= 0.6 is 11.3 Å². The summed E-state index contributed by atoms with van der Waals surface area (Å²) in [7, 11) is 0. The Kier molecular flexibility index (Phi) is 4.23. The van der Waals surface area contributed by atoms with Crippen LogP contribution in [-0.4, -0.2) is 21.2 Å². The van der Waals surface area contributed by atoms with Gasteiger partial charge in [0.2, 0.25) is 0 Å². The maximum Gasteiger partial charge on any atom is 0.159 e. The van der Waals surface area contributed by atoms with Crippen molar-refractivity contribution < 1.29 is 0 Å². The summed E-state index contributed by atoms with van der Waals surface area (Å²) in [6.45, 7) is 0. The van der Waals surface area contributed by atoms with Gasteiger partial charge in [0.25, 0.3) is 0 Å². The number of pyridine rings is 1. The van der Waals surface area contributed by atoms with Gasteiger partial charge in [-0.15, -0.1) is 11.3 Å². The molecule has 0 bridgehead atoms. The molecule has 28 heavy (non-hydrogen) atoms. The van der Waals surface area contributed by atoms with Crippen LogP contribution in [0.3, 0.4) is 0 Å². The van der Waals surface area contributed by atoms with Gasteiger partial charge in [0, 0.05) is 28.1 Å². The average Bonchev–Trinajstić information content (AvgIpc) is 3.20. The van der Waals surface area contributed by atoms with Gasteiger partial charge in [0.1, 0.15) is 11.2 Å². The molecule has 0 aliphatic heterocycles. The van der Waals surface area contributed by atoms with Crippen LogP contribution in [0.25, 0.3) is 32.2 Å². The van der Waals surface area contributed by atoms with Crippen LogP contribution in [-0.2, 0) is 0 Å². The lowest BCUT2D eigenvalue weighted by Gasteiger charge is -2.05. The summed E-state index contributed by atoms with van der Waals surface area (Å²) >= 11 is 1.60. The van der Waals surface area contributed by atoms with E-state index in [1.165, 1.54) is 0 Å². The second-order valence-corrected chi connectivity index (χ2v) is 7.07. The van der Waals surface area contributed by atoms with Crippen LogP contribution in [0, 0.1) is 0 Å². The maximum absolute atomic E-state index is 4.46. The van der Waals surface area contributed by atoms with Crippen LogP contribution in [0.4, 0.5) is 5.82 Å². The number of fused-ring (bicyclic) bond motifs is 2. The standard InChI is InChI=1S/C22H15N5S/c1-2-6-15(7-3-1)18-13-28-22-19(18)21(24-14-25-22)27-26-12-17-9-4-8-16-10-5-11-23-20(16)17/h1-14H,(H,24,25,27). The molecule has 0 radical (unpaired) electrons. The lowest BCUT2D eigenvalue weighted by atomic mass is 10.1. The summed E-state index contributed by atoms with van der Waals surface area (Å²) in [5.74, 6) is 0.689.